The lowest BCUT2D eigenvalue weighted by molar-refractivity contribution is -0.217. The zero-order chi connectivity index (χ0) is 62.2. The Morgan fingerprint density at radius 3 is 1.76 bits per heavy atom. The minimum absolute atomic E-state index is 0.00733. The molecule has 10 bridgehead atoms. The molecule has 0 radical (unpaired) electrons. The maximum Gasteiger partial charge on any atom is 0.508 e. The number of nitrogens with zero attached hydrogens (tertiary/aromatic N) is 1. The van der Waals surface area contributed by atoms with Crippen molar-refractivity contribution in [1.82, 2.24) is 0 Å². The predicted molar refractivity (Wildman–Crippen MR) is 288 cm³/mol. The lowest BCUT2D eigenvalue weighted by atomic mass is 9.52. The zero-order valence-corrected chi connectivity index (χ0v) is 49.2. The molecule has 462 valence electrons. The number of hydrogen-bond acceptors (Lipinski definition) is 24. The molecule has 24 nitrogen and oxygen atoms in total. The van der Waals surface area contributed by atoms with Crippen LogP contribution in [-0.4, -0.2) is 147 Å². The van der Waals surface area contributed by atoms with Gasteiger partial charge in [-0.1, -0.05) is 32.9 Å². The van der Waals surface area contributed by atoms with Crippen LogP contribution in [0.15, 0.2) is 60.8 Å². The van der Waals surface area contributed by atoms with Crippen LogP contribution in [0.3, 0.4) is 0 Å². The highest BCUT2D eigenvalue weighted by molar-refractivity contribution is 7.87. The van der Waals surface area contributed by atoms with E-state index in [4.69, 9.17) is 42.1 Å². The van der Waals surface area contributed by atoms with Crippen LogP contribution < -0.4 is 0 Å². The Morgan fingerprint density at radius 1 is 0.659 bits per heavy atom. The fraction of sp³-hybridized carbons (Fsp3) is 0.667. The zero-order valence-electron chi connectivity index (χ0n) is 48.4. The van der Waals surface area contributed by atoms with Crippen molar-refractivity contribution in [3.63, 3.8) is 0 Å². The Labute approximate surface area is 491 Å². The second kappa shape index (κ2) is 23.4. The molecule has 0 aromatic rings. The predicted octanol–water partition coefficient (Wildman–Crippen LogP) is 4.85. The average Bonchev–Trinajstić information content (AvgIpc) is 1.32. The number of carbonyl (C=O) groups excluding carboxylic acids is 9. The molecule has 1 N–H and O–H groups in total. The molecule has 25 heteroatoms. The number of cyclic esters (lactones) is 2. The van der Waals surface area contributed by atoms with Crippen molar-refractivity contribution in [2.75, 3.05) is 20.3 Å². The molecule has 14 rings (SSSR count). The van der Waals surface area contributed by atoms with E-state index >= 15 is 0 Å². The van der Waals surface area contributed by atoms with Gasteiger partial charge in [-0.05, 0) is 111 Å². The van der Waals surface area contributed by atoms with Gasteiger partial charge in [0.1, 0.15) is 55.4 Å². The maximum absolute atomic E-state index is 11.9. The molecule has 19 unspecified atom stereocenters. The highest BCUT2D eigenvalue weighted by Crippen LogP contribution is 2.63. The van der Waals surface area contributed by atoms with Gasteiger partial charge in [0.05, 0.1) is 35.9 Å². The van der Waals surface area contributed by atoms with Crippen LogP contribution >= 0.6 is 0 Å². The SMILES string of the molecule is C=C(C)C(=O)OC12CC3CC(CC(O)(C3)C1)C2.C=C(C)C(=O)OC1C2CC3C1OC(=O)C3(C#N)C2.C=C(C)C(=O)OC1C2CC3C1OC(=O)C3C2C(=O)OC.C=C(C)C(=O)OC1C2CC3C1OS(=O)(=O)C3C2.C=C(C)C(=O)OCC1COC(=O)O1. The number of esters is 8. The summed E-state index contributed by atoms with van der Waals surface area (Å²) in [6.07, 6.45) is 4.69. The Hall–Kier alpha value is -6.91. The molecule has 4 saturated heterocycles. The molecule has 14 fully saturated rings. The van der Waals surface area contributed by atoms with E-state index < -0.39 is 123 Å². The van der Waals surface area contributed by atoms with Gasteiger partial charge in [-0.3, -0.25) is 18.6 Å². The van der Waals surface area contributed by atoms with Gasteiger partial charge in [0.25, 0.3) is 10.1 Å². The Morgan fingerprint density at radius 2 is 1.24 bits per heavy atom. The van der Waals surface area contributed by atoms with Gasteiger partial charge in [-0.25, -0.2) is 28.8 Å². The number of rotatable bonds is 12. The van der Waals surface area contributed by atoms with Crippen LogP contribution in [0, 0.1) is 75.9 Å². The molecule has 0 aromatic carbocycles. The standard InChI is InChI=1S/C14H16O6.C14H20O3.C13H13NO4.C11H14O5S.C8H10O5/c1-5(2)12(15)19-10-6-4-7-9(8(6)13(16)18-3)14(17)20-11(7)10;1-9(2)12(15)17-14-6-10-3-11(7-14)5-13(16,4-10)8-14;1-6(2)11(15)17-9-7-3-8-10(9)18-12(16)13(8,4-7)5-14;1-5(2)11(12)15-9-6-3-7-8(4-6)17(13,14)16-10(7)9;1-5(2)7(9)11-3-6-4-12-8(10)13-6/h6-11H,1,4H2,2-3H3;10-11,16H,1,3-8H2,2H3;7-10H,1,3-4H2,2H3;6-10H,1,3-4H2,2H3;6H,1,3-4H2,2H3. The molecule has 19 atom stereocenters. The van der Waals surface area contributed by atoms with Gasteiger partial charge in [0, 0.05) is 69.8 Å². The lowest BCUT2D eigenvalue weighted by Crippen LogP contribution is -2.60. The minimum Gasteiger partial charge on any atom is -0.469 e. The van der Waals surface area contributed by atoms with Crippen molar-refractivity contribution in [2.24, 2.45) is 64.6 Å². The fourth-order valence-corrected chi connectivity index (χ4v) is 17.8. The number of methoxy groups -OCH3 is 1. The third kappa shape index (κ3) is 11.9. The summed E-state index contributed by atoms with van der Waals surface area (Å²) in [4.78, 5) is 103. The van der Waals surface area contributed by atoms with Crippen molar-refractivity contribution >= 4 is 64.0 Å². The van der Waals surface area contributed by atoms with Gasteiger partial charge < -0.3 is 52.5 Å². The van der Waals surface area contributed by atoms with E-state index in [9.17, 15) is 61.9 Å². The van der Waals surface area contributed by atoms with Crippen molar-refractivity contribution in [1.29, 1.82) is 5.26 Å². The van der Waals surface area contributed by atoms with Gasteiger partial charge in [-0.15, -0.1) is 0 Å². The lowest BCUT2D eigenvalue weighted by Gasteiger charge is -2.59. The van der Waals surface area contributed by atoms with Crippen LogP contribution in [0.4, 0.5) is 4.79 Å². The van der Waals surface area contributed by atoms with E-state index in [1.165, 1.54) is 13.5 Å². The Bertz CT molecular complexity index is 3050. The quantitative estimate of drug-likeness (QED) is 0.118. The third-order valence-electron chi connectivity index (χ3n) is 19.0. The number of hydrogen-bond donors (Lipinski definition) is 1. The van der Waals surface area contributed by atoms with Crippen LogP contribution in [0.2, 0.25) is 0 Å². The van der Waals surface area contributed by atoms with E-state index in [0.29, 0.717) is 59.8 Å². The second-order valence-electron chi connectivity index (χ2n) is 25.5. The Kier molecular flexibility index (Phi) is 17.2. The van der Waals surface area contributed by atoms with Crippen molar-refractivity contribution < 1.29 is 108 Å². The van der Waals surface area contributed by atoms with Crippen molar-refractivity contribution in [2.45, 2.75) is 164 Å². The maximum atomic E-state index is 11.9. The molecule has 85 heavy (non-hydrogen) atoms. The summed E-state index contributed by atoms with van der Waals surface area (Å²) in [5, 5.41) is 19.3. The summed E-state index contributed by atoms with van der Waals surface area (Å²) in [7, 11) is -2.14. The molecule has 0 amide bonds. The molecular formula is C60H73NO23S. The number of nitriles is 1. The van der Waals surface area contributed by atoms with E-state index in [1.54, 1.807) is 34.6 Å². The van der Waals surface area contributed by atoms with Gasteiger partial charge in [-0.2, -0.15) is 13.7 Å². The molecule has 0 spiro atoms. The second-order valence-corrected chi connectivity index (χ2v) is 27.2. The summed E-state index contributed by atoms with van der Waals surface area (Å²) in [6.45, 7) is 25.7. The van der Waals surface area contributed by atoms with E-state index in [0.717, 1.165) is 38.5 Å². The number of aliphatic hydroxyl groups is 1. The minimum atomic E-state index is -3.43. The van der Waals surface area contributed by atoms with Gasteiger partial charge in [0.2, 0.25) is 0 Å². The average molecular weight is 1210 g/mol. The topological polar surface area (TPSA) is 333 Å². The first-order chi connectivity index (χ1) is 39.8. The first-order valence-corrected chi connectivity index (χ1v) is 30.0. The normalized spacial score (nSPS) is 40.2. The molecule has 0 aromatic heterocycles. The van der Waals surface area contributed by atoms with Gasteiger partial charge in [0.15, 0.2) is 11.5 Å². The van der Waals surface area contributed by atoms with E-state index in [1.807, 2.05) is 0 Å². The van der Waals surface area contributed by atoms with Crippen molar-refractivity contribution in [3.05, 3.63) is 60.8 Å². The van der Waals surface area contributed by atoms with Crippen LogP contribution in [0.1, 0.15) is 105 Å². The summed E-state index contributed by atoms with van der Waals surface area (Å²) in [5.74, 6) is -3.65. The molecule has 10 saturated carbocycles. The molecule has 4 heterocycles. The molecule has 4 aliphatic heterocycles. The van der Waals surface area contributed by atoms with Crippen LogP contribution in [-0.2, 0) is 100 Å². The third-order valence-corrected chi connectivity index (χ3v) is 20.8. The number of fused-ring (bicyclic) bond motifs is 3. The molecule has 14 aliphatic rings. The first-order valence-electron chi connectivity index (χ1n) is 28.5. The highest BCUT2D eigenvalue weighted by atomic mass is 32.2. The molecule has 10 aliphatic carbocycles. The summed E-state index contributed by atoms with van der Waals surface area (Å²) < 4.78 is 79.3. The molecular weight excluding hydrogens is 1130 g/mol. The monoisotopic (exact) mass is 1210 g/mol. The van der Waals surface area contributed by atoms with E-state index in [-0.39, 0.29) is 71.5 Å². The van der Waals surface area contributed by atoms with Crippen LogP contribution in [0.25, 0.3) is 0 Å². The Balaban J connectivity index is 0.000000128. The fourth-order valence-electron chi connectivity index (χ4n) is 15.9. The summed E-state index contributed by atoms with van der Waals surface area (Å²) in [5.41, 5.74) is -0.254. The first kappa shape index (κ1) is 62.6. The van der Waals surface area contributed by atoms with Gasteiger partial charge >= 0.3 is 53.9 Å². The van der Waals surface area contributed by atoms with Crippen molar-refractivity contribution in [3.8, 4) is 6.07 Å². The number of ether oxygens (including phenoxy) is 10. The summed E-state index contributed by atoms with van der Waals surface area (Å²) >= 11 is 0. The summed E-state index contributed by atoms with van der Waals surface area (Å²) in [6, 6.07) is 2.11. The highest BCUT2D eigenvalue weighted by Gasteiger charge is 2.73. The smallest absolute Gasteiger partial charge is 0.469 e. The van der Waals surface area contributed by atoms with E-state index in [2.05, 4.69) is 48.4 Å². The number of carbonyl (C=O) groups is 9. The largest absolute Gasteiger partial charge is 0.508 e. The van der Waals surface area contributed by atoms with Crippen LogP contribution in [0.5, 0.6) is 0 Å².